The lowest BCUT2D eigenvalue weighted by atomic mass is 10.1. The number of anilines is 1. The van der Waals surface area contributed by atoms with E-state index in [4.69, 9.17) is 5.26 Å². The average Bonchev–Trinajstić information content (AvgIpc) is 2.81. The number of hydrogen-bond donors (Lipinski definition) is 1. The molecule has 1 aliphatic rings. The molecule has 1 saturated heterocycles. The molecule has 0 aliphatic carbocycles. The first-order chi connectivity index (χ1) is 9.10. The Hall–Kier alpha value is -2.13. The molecular weight excluding hydrogens is 244 g/mol. The highest BCUT2D eigenvalue weighted by molar-refractivity contribution is 5.58. The van der Waals surface area contributed by atoms with Crippen molar-refractivity contribution in [2.75, 3.05) is 32.0 Å². The molecule has 1 unspecified atom stereocenters. The van der Waals surface area contributed by atoms with Gasteiger partial charge in [-0.05, 0) is 38.1 Å². The van der Waals surface area contributed by atoms with Gasteiger partial charge in [0.15, 0.2) is 0 Å². The number of nitrogens with one attached hydrogen (secondary N) is 1. The van der Waals surface area contributed by atoms with E-state index < -0.39 is 4.92 Å². The highest BCUT2D eigenvalue weighted by Gasteiger charge is 2.19. The highest BCUT2D eigenvalue weighted by Crippen LogP contribution is 2.22. The van der Waals surface area contributed by atoms with E-state index >= 15 is 0 Å². The van der Waals surface area contributed by atoms with Gasteiger partial charge in [-0.3, -0.25) is 10.1 Å². The zero-order valence-corrected chi connectivity index (χ0v) is 10.8. The molecule has 1 aromatic rings. The van der Waals surface area contributed by atoms with Crippen molar-refractivity contribution in [3.8, 4) is 6.07 Å². The number of rotatable bonds is 4. The maximum Gasteiger partial charge on any atom is 0.287 e. The third-order valence-corrected chi connectivity index (χ3v) is 3.40. The van der Waals surface area contributed by atoms with E-state index in [1.165, 1.54) is 12.1 Å². The summed E-state index contributed by atoms with van der Waals surface area (Å²) in [4.78, 5) is 12.5. The topological polar surface area (TPSA) is 82.2 Å². The van der Waals surface area contributed by atoms with Crippen molar-refractivity contribution >= 4 is 11.4 Å². The maximum absolute atomic E-state index is 10.7. The normalized spacial score (nSPS) is 19.1. The van der Waals surface area contributed by atoms with Gasteiger partial charge in [-0.25, -0.2) is 0 Å². The van der Waals surface area contributed by atoms with Crippen molar-refractivity contribution in [3.05, 3.63) is 33.9 Å². The van der Waals surface area contributed by atoms with Gasteiger partial charge in [-0.2, -0.15) is 5.26 Å². The Bertz CT molecular complexity index is 524. The summed E-state index contributed by atoms with van der Waals surface area (Å²) in [7, 11) is 2.10. The number of hydrogen-bond acceptors (Lipinski definition) is 5. The maximum atomic E-state index is 10.7. The van der Waals surface area contributed by atoms with Gasteiger partial charge in [-0.1, -0.05) is 0 Å². The van der Waals surface area contributed by atoms with Crippen LogP contribution in [0.25, 0.3) is 0 Å². The van der Waals surface area contributed by atoms with Gasteiger partial charge in [0.25, 0.3) is 5.69 Å². The fourth-order valence-corrected chi connectivity index (χ4v) is 2.35. The molecule has 2 rings (SSSR count). The molecule has 0 amide bonds. The van der Waals surface area contributed by atoms with Crippen LogP contribution >= 0.6 is 0 Å². The monoisotopic (exact) mass is 260 g/mol. The van der Waals surface area contributed by atoms with Crippen molar-refractivity contribution in [3.63, 3.8) is 0 Å². The Kier molecular flexibility index (Phi) is 3.97. The Morgan fingerprint density at radius 3 is 3.00 bits per heavy atom. The summed E-state index contributed by atoms with van der Waals surface area (Å²) in [5, 5.41) is 22.9. The molecule has 19 heavy (non-hydrogen) atoms. The van der Waals surface area contributed by atoms with Gasteiger partial charge in [-0.15, -0.1) is 0 Å². The summed E-state index contributed by atoms with van der Waals surface area (Å²) >= 11 is 0. The molecule has 0 bridgehead atoms. The Morgan fingerprint density at radius 2 is 2.42 bits per heavy atom. The van der Waals surface area contributed by atoms with Crippen LogP contribution in [-0.2, 0) is 0 Å². The quantitative estimate of drug-likeness (QED) is 0.659. The van der Waals surface area contributed by atoms with Gasteiger partial charge >= 0.3 is 0 Å². The Morgan fingerprint density at radius 1 is 1.63 bits per heavy atom. The summed E-state index contributed by atoms with van der Waals surface area (Å²) in [5.74, 6) is 0.589. The van der Waals surface area contributed by atoms with E-state index in [1.807, 2.05) is 6.07 Å². The highest BCUT2D eigenvalue weighted by atomic mass is 16.6. The zero-order chi connectivity index (χ0) is 13.8. The largest absolute Gasteiger partial charge is 0.385 e. The standard InChI is InChI=1S/C13H16N4O2/c1-16-5-4-10(9-16)8-15-12-2-3-13(17(18)19)11(6-12)7-14/h2-3,6,10,15H,4-5,8-9H2,1H3. The summed E-state index contributed by atoms with van der Waals surface area (Å²) in [6.45, 7) is 2.99. The van der Waals surface area contributed by atoms with E-state index in [1.54, 1.807) is 6.07 Å². The van der Waals surface area contributed by atoms with Gasteiger partial charge < -0.3 is 10.2 Å². The third-order valence-electron chi connectivity index (χ3n) is 3.40. The minimum atomic E-state index is -0.533. The van der Waals surface area contributed by atoms with E-state index in [0.717, 1.165) is 31.7 Å². The lowest BCUT2D eigenvalue weighted by Gasteiger charge is -2.12. The number of nitriles is 1. The second kappa shape index (κ2) is 5.67. The summed E-state index contributed by atoms with van der Waals surface area (Å²) in [6, 6.07) is 6.43. The lowest BCUT2D eigenvalue weighted by molar-refractivity contribution is -0.385. The first-order valence-electron chi connectivity index (χ1n) is 6.21. The molecule has 6 heteroatoms. The first-order valence-corrected chi connectivity index (χ1v) is 6.21. The molecular formula is C13H16N4O2. The second-order valence-electron chi connectivity index (χ2n) is 4.90. The molecule has 0 radical (unpaired) electrons. The van der Waals surface area contributed by atoms with Crippen LogP contribution in [0.3, 0.4) is 0 Å². The van der Waals surface area contributed by atoms with Crippen LogP contribution in [0.15, 0.2) is 18.2 Å². The lowest BCUT2D eigenvalue weighted by Crippen LogP contribution is -2.19. The van der Waals surface area contributed by atoms with E-state index in [9.17, 15) is 10.1 Å². The molecule has 1 fully saturated rings. The smallest absolute Gasteiger partial charge is 0.287 e. The third kappa shape index (κ3) is 3.20. The van der Waals surface area contributed by atoms with E-state index in [-0.39, 0.29) is 11.3 Å². The van der Waals surface area contributed by atoms with Gasteiger partial charge in [0.1, 0.15) is 11.6 Å². The number of nitrogens with zero attached hydrogens (tertiary/aromatic N) is 3. The van der Waals surface area contributed by atoms with Crippen LogP contribution in [0, 0.1) is 27.4 Å². The van der Waals surface area contributed by atoms with Crippen LogP contribution in [0.5, 0.6) is 0 Å². The van der Waals surface area contributed by atoms with E-state index in [0.29, 0.717) is 5.92 Å². The van der Waals surface area contributed by atoms with Gasteiger partial charge in [0.05, 0.1) is 4.92 Å². The summed E-state index contributed by atoms with van der Waals surface area (Å²) < 4.78 is 0. The predicted molar refractivity (Wildman–Crippen MR) is 71.9 cm³/mol. The van der Waals surface area contributed by atoms with Crippen LogP contribution in [0.2, 0.25) is 0 Å². The van der Waals surface area contributed by atoms with Gasteiger partial charge in [0.2, 0.25) is 0 Å². The molecule has 6 nitrogen and oxygen atoms in total. The van der Waals surface area contributed by atoms with E-state index in [2.05, 4.69) is 17.3 Å². The van der Waals surface area contributed by atoms with Crippen molar-refractivity contribution in [2.45, 2.75) is 6.42 Å². The fourth-order valence-electron chi connectivity index (χ4n) is 2.35. The summed E-state index contributed by atoms with van der Waals surface area (Å²) in [6.07, 6.45) is 1.15. The fraction of sp³-hybridized carbons (Fsp3) is 0.462. The minimum absolute atomic E-state index is 0.0959. The molecule has 1 aliphatic heterocycles. The molecule has 1 aromatic carbocycles. The Labute approximate surface area is 111 Å². The van der Waals surface area contributed by atoms with Crippen LogP contribution in [0.4, 0.5) is 11.4 Å². The predicted octanol–water partition coefficient (Wildman–Crippen LogP) is 1.83. The van der Waals surface area contributed by atoms with Crippen LogP contribution < -0.4 is 5.32 Å². The minimum Gasteiger partial charge on any atom is -0.385 e. The van der Waals surface area contributed by atoms with Crippen LogP contribution in [-0.4, -0.2) is 36.5 Å². The SMILES string of the molecule is CN1CCC(CNc2ccc([N+](=O)[O-])c(C#N)c2)C1. The molecule has 0 saturated carbocycles. The number of nitro benzene ring substituents is 1. The molecule has 1 heterocycles. The Balaban J connectivity index is 2.02. The first kappa shape index (κ1) is 13.3. The number of benzene rings is 1. The van der Waals surface area contributed by atoms with Crippen molar-refractivity contribution < 1.29 is 4.92 Å². The number of likely N-dealkylation sites (tertiary alicyclic amines) is 1. The van der Waals surface area contributed by atoms with Gasteiger partial charge in [0, 0.05) is 24.8 Å². The van der Waals surface area contributed by atoms with Crippen LogP contribution in [0.1, 0.15) is 12.0 Å². The molecule has 0 aromatic heterocycles. The average molecular weight is 260 g/mol. The zero-order valence-electron chi connectivity index (χ0n) is 10.8. The number of nitro groups is 1. The molecule has 0 spiro atoms. The molecule has 1 atom stereocenters. The van der Waals surface area contributed by atoms with Crippen molar-refractivity contribution in [2.24, 2.45) is 5.92 Å². The van der Waals surface area contributed by atoms with Crippen molar-refractivity contribution in [1.29, 1.82) is 5.26 Å². The second-order valence-corrected chi connectivity index (χ2v) is 4.90. The van der Waals surface area contributed by atoms with Crippen molar-refractivity contribution in [1.82, 2.24) is 4.90 Å². The summed E-state index contributed by atoms with van der Waals surface area (Å²) in [5.41, 5.74) is 0.712. The molecule has 100 valence electrons. The molecule has 1 N–H and O–H groups in total.